The van der Waals surface area contributed by atoms with E-state index in [2.05, 4.69) is 10.6 Å². The van der Waals surface area contributed by atoms with Gasteiger partial charge in [0.05, 0.1) is 16.6 Å². The van der Waals surface area contributed by atoms with Crippen LogP contribution in [0.4, 0.5) is 10.5 Å². The summed E-state index contributed by atoms with van der Waals surface area (Å²) < 4.78 is 0. The van der Waals surface area contributed by atoms with Crippen LogP contribution in [0, 0.1) is 12.8 Å². The lowest BCUT2D eigenvalue weighted by molar-refractivity contribution is -0.141. The van der Waals surface area contributed by atoms with Crippen molar-refractivity contribution in [1.29, 1.82) is 0 Å². The molecular weight excluding hydrogens is 315 g/mol. The summed E-state index contributed by atoms with van der Waals surface area (Å²) in [5.74, 6) is -1.25. The third-order valence-electron chi connectivity index (χ3n) is 3.02. The molecule has 116 valence electrons. The standard InChI is InChI=1S/C14H18Cl2N2O3/c1-8(13(19)20)4-3-5-17-14(21)18-12-7-10(15)9(2)6-11(12)16/h6-8H,3-5H2,1-2H3,(H,19,20)(H2,17,18,21). The fourth-order valence-corrected chi connectivity index (χ4v) is 2.07. The van der Waals surface area contributed by atoms with Crippen LogP contribution in [0.25, 0.3) is 0 Å². The second-order valence-corrected chi connectivity index (χ2v) is 5.66. The van der Waals surface area contributed by atoms with Crippen molar-refractivity contribution in [3.8, 4) is 0 Å². The van der Waals surface area contributed by atoms with E-state index < -0.39 is 17.9 Å². The van der Waals surface area contributed by atoms with Crippen molar-refractivity contribution in [2.75, 3.05) is 11.9 Å². The van der Waals surface area contributed by atoms with Crippen LogP contribution in [0.2, 0.25) is 10.0 Å². The van der Waals surface area contributed by atoms with Gasteiger partial charge < -0.3 is 15.7 Å². The van der Waals surface area contributed by atoms with Gasteiger partial charge in [-0.05, 0) is 37.5 Å². The molecule has 1 rings (SSSR count). The number of carbonyl (C=O) groups excluding carboxylic acids is 1. The van der Waals surface area contributed by atoms with Crippen LogP contribution >= 0.6 is 23.2 Å². The average molecular weight is 333 g/mol. The van der Waals surface area contributed by atoms with E-state index in [1.54, 1.807) is 19.1 Å². The number of aryl methyl sites for hydroxylation is 1. The van der Waals surface area contributed by atoms with Gasteiger partial charge in [-0.15, -0.1) is 0 Å². The number of anilines is 1. The van der Waals surface area contributed by atoms with Crippen LogP contribution in [0.1, 0.15) is 25.3 Å². The fraction of sp³-hybridized carbons (Fsp3) is 0.429. The minimum Gasteiger partial charge on any atom is -0.481 e. The number of halogens is 2. The van der Waals surface area contributed by atoms with Crippen molar-refractivity contribution < 1.29 is 14.7 Å². The molecule has 21 heavy (non-hydrogen) atoms. The Hall–Kier alpha value is -1.46. The molecule has 1 aromatic rings. The maximum absolute atomic E-state index is 11.7. The minimum atomic E-state index is -0.833. The molecule has 0 aromatic heterocycles. The number of urea groups is 1. The number of aliphatic carboxylic acids is 1. The largest absolute Gasteiger partial charge is 0.481 e. The lowest BCUT2D eigenvalue weighted by atomic mass is 10.1. The number of amides is 2. The molecule has 0 radical (unpaired) electrons. The predicted molar refractivity (Wildman–Crippen MR) is 84.3 cm³/mol. The van der Waals surface area contributed by atoms with E-state index in [9.17, 15) is 9.59 Å². The summed E-state index contributed by atoms with van der Waals surface area (Å²) in [5, 5.41) is 14.9. The van der Waals surface area contributed by atoms with E-state index in [4.69, 9.17) is 28.3 Å². The Morgan fingerprint density at radius 3 is 2.57 bits per heavy atom. The van der Waals surface area contributed by atoms with Crippen molar-refractivity contribution in [2.45, 2.75) is 26.7 Å². The van der Waals surface area contributed by atoms with Crippen LogP contribution in [-0.2, 0) is 4.79 Å². The monoisotopic (exact) mass is 332 g/mol. The van der Waals surface area contributed by atoms with Crippen molar-refractivity contribution >= 4 is 40.9 Å². The number of carboxylic acid groups (broad SMARTS) is 1. The Balaban J connectivity index is 2.41. The molecule has 3 N–H and O–H groups in total. The van der Waals surface area contributed by atoms with E-state index in [1.807, 2.05) is 6.92 Å². The van der Waals surface area contributed by atoms with Gasteiger partial charge in [0, 0.05) is 11.6 Å². The van der Waals surface area contributed by atoms with Crippen LogP contribution in [-0.4, -0.2) is 23.7 Å². The third kappa shape index (κ3) is 5.81. The van der Waals surface area contributed by atoms with Gasteiger partial charge in [0.1, 0.15) is 0 Å². The molecule has 0 fully saturated rings. The Labute approximate surface area is 133 Å². The molecule has 1 unspecified atom stereocenters. The van der Waals surface area contributed by atoms with Crippen LogP contribution in [0.5, 0.6) is 0 Å². The summed E-state index contributed by atoms with van der Waals surface area (Å²) in [4.78, 5) is 22.3. The van der Waals surface area contributed by atoms with Crippen molar-refractivity contribution in [2.24, 2.45) is 5.92 Å². The van der Waals surface area contributed by atoms with Gasteiger partial charge >= 0.3 is 12.0 Å². The van der Waals surface area contributed by atoms with Crippen LogP contribution in [0.15, 0.2) is 12.1 Å². The van der Waals surface area contributed by atoms with E-state index in [1.165, 1.54) is 0 Å². The minimum absolute atomic E-state index is 0.390. The van der Waals surface area contributed by atoms with Crippen LogP contribution in [0.3, 0.4) is 0 Å². The molecule has 5 nitrogen and oxygen atoms in total. The Kier molecular flexibility index (Phi) is 6.78. The highest BCUT2D eigenvalue weighted by atomic mass is 35.5. The number of rotatable bonds is 6. The normalized spacial score (nSPS) is 11.8. The molecule has 1 aromatic carbocycles. The van der Waals surface area contributed by atoms with Crippen LogP contribution < -0.4 is 10.6 Å². The first-order valence-corrected chi connectivity index (χ1v) is 7.30. The molecule has 0 aliphatic rings. The molecule has 1 atom stereocenters. The highest BCUT2D eigenvalue weighted by Gasteiger charge is 2.11. The molecule has 0 aliphatic heterocycles. The predicted octanol–water partition coefficient (Wildman–Crippen LogP) is 3.92. The quantitative estimate of drug-likeness (QED) is 0.690. The first kappa shape index (κ1) is 17.6. The Bertz CT molecular complexity index is 535. The Morgan fingerprint density at radius 1 is 1.29 bits per heavy atom. The number of carbonyl (C=O) groups is 2. The summed E-state index contributed by atoms with van der Waals surface area (Å²) in [6.07, 6.45) is 1.09. The van der Waals surface area contributed by atoms with E-state index in [0.29, 0.717) is 35.1 Å². The molecule has 2 amide bonds. The molecule has 0 saturated carbocycles. The zero-order valence-corrected chi connectivity index (χ0v) is 13.4. The lowest BCUT2D eigenvalue weighted by Gasteiger charge is -2.11. The number of carboxylic acids is 1. The van der Waals surface area contributed by atoms with E-state index >= 15 is 0 Å². The summed E-state index contributed by atoms with van der Waals surface area (Å²) in [6, 6.07) is 2.86. The molecule has 0 saturated heterocycles. The topological polar surface area (TPSA) is 78.4 Å². The summed E-state index contributed by atoms with van der Waals surface area (Å²) in [7, 11) is 0. The van der Waals surface area contributed by atoms with Gasteiger partial charge in [-0.1, -0.05) is 30.1 Å². The van der Waals surface area contributed by atoms with Gasteiger partial charge in [0.2, 0.25) is 0 Å². The first-order valence-electron chi connectivity index (χ1n) is 6.54. The van der Waals surface area contributed by atoms with Gasteiger partial charge in [-0.3, -0.25) is 4.79 Å². The first-order chi connectivity index (χ1) is 9.81. The summed E-state index contributed by atoms with van der Waals surface area (Å²) in [6.45, 7) is 3.85. The second kappa shape index (κ2) is 8.10. The SMILES string of the molecule is Cc1cc(Cl)c(NC(=O)NCCCC(C)C(=O)O)cc1Cl. The zero-order valence-electron chi connectivity index (χ0n) is 11.9. The zero-order chi connectivity index (χ0) is 16.0. The number of nitrogens with one attached hydrogen (secondary N) is 2. The van der Waals surface area contributed by atoms with Gasteiger partial charge in [-0.2, -0.15) is 0 Å². The highest BCUT2D eigenvalue weighted by molar-refractivity contribution is 6.36. The molecule has 0 heterocycles. The average Bonchev–Trinajstić information content (AvgIpc) is 2.40. The van der Waals surface area contributed by atoms with Crippen molar-refractivity contribution in [3.05, 3.63) is 27.7 Å². The molecular formula is C14H18Cl2N2O3. The lowest BCUT2D eigenvalue weighted by Crippen LogP contribution is -2.30. The maximum atomic E-state index is 11.7. The van der Waals surface area contributed by atoms with E-state index in [-0.39, 0.29) is 0 Å². The van der Waals surface area contributed by atoms with Crippen molar-refractivity contribution in [1.82, 2.24) is 5.32 Å². The number of hydrogen-bond acceptors (Lipinski definition) is 2. The van der Waals surface area contributed by atoms with Gasteiger partial charge in [0.15, 0.2) is 0 Å². The highest BCUT2D eigenvalue weighted by Crippen LogP contribution is 2.28. The molecule has 7 heteroatoms. The van der Waals surface area contributed by atoms with Crippen molar-refractivity contribution in [3.63, 3.8) is 0 Å². The summed E-state index contributed by atoms with van der Waals surface area (Å²) in [5.41, 5.74) is 1.26. The smallest absolute Gasteiger partial charge is 0.319 e. The second-order valence-electron chi connectivity index (χ2n) is 4.84. The third-order valence-corrected chi connectivity index (χ3v) is 3.74. The summed E-state index contributed by atoms with van der Waals surface area (Å²) >= 11 is 12.0. The maximum Gasteiger partial charge on any atom is 0.319 e. The van der Waals surface area contributed by atoms with Gasteiger partial charge in [-0.25, -0.2) is 4.79 Å². The van der Waals surface area contributed by atoms with Gasteiger partial charge in [0.25, 0.3) is 0 Å². The Morgan fingerprint density at radius 2 is 1.95 bits per heavy atom. The molecule has 0 spiro atoms. The molecule has 0 aliphatic carbocycles. The fourth-order valence-electron chi connectivity index (χ4n) is 1.64. The molecule has 0 bridgehead atoms. The number of benzene rings is 1. The number of hydrogen-bond donors (Lipinski definition) is 3. The van der Waals surface area contributed by atoms with E-state index in [0.717, 1.165) is 5.56 Å².